The second kappa shape index (κ2) is 6.49. The maximum atomic E-state index is 12.1. The summed E-state index contributed by atoms with van der Waals surface area (Å²) in [4.78, 5) is 1.32. The second-order valence-electron chi connectivity index (χ2n) is 4.46. The molecule has 2 heterocycles. The summed E-state index contributed by atoms with van der Waals surface area (Å²) < 4.78 is 28.5. The Morgan fingerprint density at radius 1 is 1.45 bits per heavy atom. The quantitative estimate of drug-likeness (QED) is 0.798. The number of aryl methyl sites for hydroxylation is 1. The number of nitrogens with zero attached hydrogens (tertiary/aromatic N) is 2. The molecule has 0 radical (unpaired) electrons. The lowest BCUT2D eigenvalue weighted by Crippen LogP contribution is -2.27. The average Bonchev–Trinajstić information content (AvgIpc) is 2.99. The van der Waals surface area contributed by atoms with Crippen molar-refractivity contribution in [1.29, 1.82) is 0 Å². The number of aromatic nitrogens is 2. The molecule has 0 aliphatic heterocycles. The highest BCUT2D eigenvalue weighted by Gasteiger charge is 2.15. The van der Waals surface area contributed by atoms with Crippen molar-refractivity contribution in [2.45, 2.75) is 24.9 Å². The fourth-order valence-corrected chi connectivity index (χ4v) is 4.04. The van der Waals surface area contributed by atoms with E-state index in [1.54, 1.807) is 22.3 Å². The normalized spacial score (nSPS) is 11.9. The minimum atomic E-state index is -3.43. The van der Waals surface area contributed by atoms with Crippen LogP contribution in [0.15, 0.2) is 28.7 Å². The van der Waals surface area contributed by atoms with E-state index >= 15 is 0 Å². The van der Waals surface area contributed by atoms with Gasteiger partial charge in [-0.05, 0) is 25.6 Å². The van der Waals surface area contributed by atoms with Crippen LogP contribution >= 0.6 is 11.3 Å². The second-order valence-corrected chi connectivity index (χ2v) is 7.22. The van der Waals surface area contributed by atoms with E-state index < -0.39 is 10.0 Å². The third-order valence-electron chi connectivity index (χ3n) is 2.69. The van der Waals surface area contributed by atoms with E-state index in [4.69, 9.17) is 0 Å². The van der Waals surface area contributed by atoms with Crippen LogP contribution in [0.1, 0.15) is 10.4 Å². The predicted molar refractivity (Wildman–Crippen MR) is 79.2 cm³/mol. The summed E-state index contributed by atoms with van der Waals surface area (Å²) in [5, 5.41) is 8.77. The summed E-state index contributed by atoms with van der Waals surface area (Å²) in [5.74, 6) is 0. The van der Waals surface area contributed by atoms with Gasteiger partial charge in [-0.1, -0.05) is 0 Å². The van der Waals surface area contributed by atoms with Crippen LogP contribution in [-0.2, 0) is 23.1 Å². The van der Waals surface area contributed by atoms with Crippen LogP contribution in [0.2, 0.25) is 0 Å². The van der Waals surface area contributed by atoms with Crippen molar-refractivity contribution in [2.75, 3.05) is 13.6 Å². The zero-order valence-electron chi connectivity index (χ0n) is 11.5. The van der Waals surface area contributed by atoms with Gasteiger partial charge in [0.2, 0.25) is 10.0 Å². The molecule has 8 heteroatoms. The Hall–Kier alpha value is -1.22. The fraction of sp³-hybridized carbons (Fsp3) is 0.417. The molecule has 0 bridgehead atoms. The third kappa shape index (κ3) is 3.89. The molecule has 2 aromatic heterocycles. The van der Waals surface area contributed by atoms with Crippen LogP contribution in [-0.4, -0.2) is 31.8 Å². The van der Waals surface area contributed by atoms with Gasteiger partial charge in [0.25, 0.3) is 0 Å². The van der Waals surface area contributed by atoms with E-state index in [1.165, 1.54) is 11.3 Å². The molecular weight excluding hydrogens is 296 g/mol. The summed E-state index contributed by atoms with van der Waals surface area (Å²) in [6.07, 6.45) is 3.63. The molecule has 20 heavy (non-hydrogen) atoms. The standard InChI is InChI=1S/C12H18N4O2S2/c1-10-6-14-16(8-10)4-3-15-20(17,18)12-5-11(7-13-2)19-9-12/h5-6,8-9,13,15H,3-4,7H2,1-2H3. The highest BCUT2D eigenvalue weighted by atomic mass is 32.2. The molecule has 0 atom stereocenters. The van der Waals surface area contributed by atoms with Gasteiger partial charge in [0, 0.05) is 29.5 Å². The molecule has 2 rings (SSSR count). The van der Waals surface area contributed by atoms with Gasteiger partial charge in [-0.2, -0.15) is 5.10 Å². The summed E-state index contributed by atoms with van der Waals surface area (Å²) in [7, 11) is -1.60. The molecule has 0 amide bonds. The minimum Gasteiger partial charge on any atom is -0.315 e. The molecule has 0 saturated heterocycles. The van der Waals surface area contributed by atoms with Crippen LogP contribution in [0.3, 0.4) is 0 Å². The van der Waals surface area contributed by atoms with Crippen molar-refractivity contribution in [2.24, 2.45) is 0 Å². The first-order chi connectivity index (χ1) is 9.51. The molecule has 0 unspecified atom stereocenters. The molecule has 2 aromatic rings. The molecule has 0 saturated carbocycles. The molecule has 6 nitrogen and oxygen atoms in total. The van der Waals surface area contributed by atoms with Crippen LogP contribution in [0.4, 0.5) is 0 Å². The number of rotatable bonds is 7. The molecule has 0 fully saturated rings. The molecule has 0 spiro atoms. The van der Waals surface area contributed by atoms with Crippen LogP contribution in [0.5, 0.6) is 0 Å². The zero-order valence-corrected chi connectivity index (χ0v) is 13.1. The lowest BCUT2D eigenvalue weighted by Gasteiger charge is -2.05. The topological polar surface area (TPSA) is 76.0 Å². The first-order valence-electron chi connectivity index (χ1n) is 6.22. The molecule has 0 aliphatic carbocycles. The van der Waals surface area contributed by atoms with Crippen LogP contribution in [0, 0.1) is 6.92 Å². The van der Waals surface area contributed by atoms with Gasteiger partial charge in [-0.15, -0.1) is 11.3 Å². The monoisotopic (exact) mass is 314 g/mol. The Morgan fingerprint density at radius 3 is 2.90 bits per heavy atom. The fourth-order valence-electron chi connectivity index (χ4n) is 1.74. The van der Waals surface area contributed by atoms with Gasteiger partial charge in [-0.3, -0.25) is 4.68 Å². The van der Waals surface area contributed by atoms with E-state index in [2.05, 4.69) is 15.1 Å². The van der Waals surface area contributed by atoms with Gasteiger partial charge >= 0.3 is 0 Å². The van der Waals surface area contributed by atoms with Crippen molar-refractivity contribution in [3.8, 4) is 0 Å². The summed E-state index contributed by atoms with van der Waals surface area (Å²) in [6, 6.07) is 1.70. The van der Waals surface area contributed by atoms with E-state index in [9.17, 15) is 8.42 Å². The number of sulfonamides is 1. The van der Waals surface area contributed by atoms with Crippen molar-refractivity contribution in [1.82, 2.24) is 19.8 Å². The Labute approximate surface area is 122 Å². The van der Waals surface area contributed by atoms with Gasteiger partial charge in [-0.25, -0.2) is 13.1 Å². The van der Waals surface area contributed by atoms with Crippen molar-refractivity contribution in [3.63, 3.8) is 0 Å². The maximum Gasteiger partial charge on any atom is 0.241 e. The van der Waals surface area contributed by atoms with Gasteiger partial charge in [0.05, 0.1) is 17.6 Å². The number of hydrogen-bond donors (Lipinski definition) is 2. The average molecular weight is 314 g/mol. The zero-order chi connectivity index (χ0) is 14.6. The molecule has 2 N–H and O–H groups in total. The third-order valence-corrected chi connectivity index (χ3v) is 5.21. The Balaban J connectivity index is 1.92. The summed E-state index contributed by atoms with van der Waals surface area (Å²) in [6.45, 7) is 3.45. The molecule has 0 aliphatic rings. The lowest BCUT2D eigenvalue weighted by atomic mass is 10.4. The van der Waals surface area contributed by atoms with E-state index in [1.807, 2.05) is 20.2 Å². The van der Waals surface area contributed by atoms with Crippen LogP contribution < -0.4 is 10.0 Å². The highest BCUT2D eigenvalue weighted by Crippen LogP contribution is 2.18. The number of hydrogen-bond acceptors (Lipinski definition) is 5. The van der Waals surface area contributed by atoms with Gasteiger partial charge in [0.1, 0.15) is 0 Å². The highest BCUT2D eigenvalue weighted by molar-refractivity contribution is 7.89. The summed E-state index contributed by atoms with van der Waals surface area (Å²) in [5.41, 5.74) is 1.06. The largest absolute Gasteiger partial charge is 0.315 e. The van der Waals surface area contributed by atoms with E-state index in [-0.39, 0.29) is 0 Å². The number of nitrogens with one attached hydrogen (secondary N) is 2. The van der Waals surface area contributed by atoms with Crippen LogP contribution in [0.25, 0.3) is 0 Å². The predicted octanol–water partition coefficient (Wildman–Crippen LogP) is 0.951. The van der Waals surface area contributed by atoms with Crippen molar-refractivity contribution >= 4 is 21.4 Å². The van der Waals surface area contributed by atoms with E-state index in [0.29, 0.717) is 24.5 Å². The Bertz CT molecular complexity index is 661. The minimum absolute atomic E-state index is 0.320. The number of thiophene rings is 1. The maximum absolute atomic E-state index is 12.1. The molecular formula is C12H18N4O2S2. The Kier molecular flexibility index (Phi) is 4.92. The van der Waals surface area contributed by atoms with Crippen molar-refractivity contribution < 1.29 is 8.42 Å². The summed E-state index contributed by atoms with van der Waals surface area (Å²) >= 11 is 1.43. The van der Waals surface area contributed by atoms with Crippen molar-refractivity contribution in [3.05, 3.63) is 34.3 Å². The molecule has 0 aromatic carbocycles. The first-order valence-corrected chi connectivity index (χ1v) is 8.58. The van der Waals surface area contributed by atoms with E-state index in [0.717, 1.165) is 10.4 Å². The molecule has 110 valence electrons. The Morgan fingerprint density at radius 2 is 2.25 bits per heavy atom. The smallest absolute Gasteiger partial charge is 0.241 e. The first kappa shape index (κ1) is 15.2. The SMILES string of the molecule is CNCc1cc(S(=O)(=O)NCCn2cc(C)cn2)cs1. The lowest BCUT2D eigenvalue weighted by molar-refractivity contribution is 0.561. The van der Waals surface area contributed by atoms with Gasteiger partial charge in [0.15, 0.2) is 0 Å². The van der Waals surface area contributed by atoms with Gasteiger partial charge < -0.3 is 5.32 Å².